The van der Waals surface area contributed by atoms with E-state index in [0.29, 0.717) is 13.0 Å². The summed E-state index contributed by atoms with van der Waals surface area (Å²) < 4.78 is 7.00. The van der Waals surface area contributed by atoms with Crippen molar-refractivity contribution in [3.05, 3.63) is 59.1 Å². The molecule has 1 saturated heterocycles. The lowest BCUT2D eigenvalue weighted by molar-refractivity contribution is -0.139. The number of piperidine rings is 1. The van der Waals surface area contributed by atoms with Crippen molar-refractivity contribution in [3.8, 4) is 5.75 Å². The van der Waals surface area contributed by atoms with Crippen LogP contribution in [0.15, 0.2) is 48.5 Å². The van der Waals surface area contributed by atoms with Crippen molar-refractivity contribution in [3.63, 3.8) is 0 Å². The number of thiazole rings is 1. The Hall–Kier alpha value is -2.48. The van der Waals surface area contributed by atoms with Crippen molar-refractivity contribution >= 4 is 27.5 Å². The van der Waals surface area contributed by atoms with Gasteiger partial charge in [-0.1, -0.05) is 30.7 Å². The Morgan fingerprint density at radius 1 is 1.15 bits per heavy atom. The van der Waals surface area contributed by atoms with Crippen molar-refractivity contribution in [2.75, 3.05) is 19.7 Å². The molecule has 2 heterocycles. The number of benzene rings is 2. The number of carboxylic acid groups (broad SMARTS) is 1. The maximum atomic E-state index is 11.8. The van der Waals surface area contributed by atoms with Gasteiger partial charge in [0, 0.05) is 6.54 Å². The molecule has 1 unspecified atom stereocenters. The molecule has 0 saturated carbocycles. The molecular weight excluding hydrogens is 434 g/mol. The summed E-state index contributed by atoms with van der Waals surface area (Å²) in [5, 5.41) is 17.1. The highest BCUT2D eigenvalue weighted by atomic mass is 32.1. The Balaban J connectivity index is 1.20. The van der Waals surface area contributed by atoms with E-state index in [1.165, 1.54) is 25.7 Å². The molecule has 2 aromatic carbocycles. The standard InChI is InChI=1S/C26H33N3O3S/c30-26(31)23(28-18-25-29-22-6-1-2-7-24(22)33-25)17-20-8-10-21(11-9-20)32-16-4-3-5-19-12-14-27-15-13-19/h1-2,6-11,19,23,27-28H,3-5,12-18H2,(H,30,31). The van der Waals surface area contributed by atoms with Crippen LogP contribution < -0.4 is 15.4 Å². The van der Waals surface area contributed by atoms with E-state index < -0.39 is 12.0 Å². The molecule has 1 aliphatic heterocycles. The first kappa shape index (κ1) is 23.7. The Morgan fingerprint density at radius 3 is 2.70 bits per heavy atom. The van der Waals surface area contributed by atoms with Crippen LogP contribution in [-0.2, 0) is 17.8 Å². The van der Waals surface area contributed by atoms with Gasteiger partial charge in [0.05, 0.1) is 16.8 Å². The lowest BCUT2D eigenvalue weighted by Crippen LogP contribution is -2.38. The van der Waals surface area contributed by atoms with E-state index in [1.807, 2.05) is 48.5 Å². The van der Waals surface area contributed by atoms with Crippen LogP contribution in [0.3, 0.4) is 0 Å². The topological polar surface area (TPSA) is 83.5 Å². The molecule has 3 aromatic rings. The normalized spacial score (nSPS) is 15.5. The van der Waals surface area contributed by atoms with Gasteiger partial charge in [-0.05, 0) is 80.9 Å². The maximum Gasteiger partial charge on any atom is 0.321 e. The molecule has 7 heteroatoms. The molecule has 0 bridgehead atoms. The number of carbonyl (C=O) groups is 1. The quantitative estimate of drug-likeness (QED) is 0.337. The highest BCUT2D eigenvalue weighted by Gasteiger charge is 2.18. The number of aliphatic carboxylic acids is 1. The van der Waals surface area contributed by atoms with E-state index in [9.17, 15) is 9.90 Å². The van der Waals surface area contributed by atoms with Crippen LogP contribution in [0.25, 0.3) is 10.2 Å². The zero-order valence-electron chi connectivity index (χ0n) is 19.0. The van der Waals surface area contributed by atoms with Crippen LogP contribution in [-0.4, -0.2) is 41.8 Å². The van der Waals surface area contributed by atoms with E-state index in [-0.39, 0.29) is 0 Å². The molecule has 0 amide bonds. The third-order valence-corrected chi connectivity index (χ3v) is 7.27. The van der Waals surface area contributed by atoms with Gasteiger partial charge in [0.25, 0.3) is 0 Å². The predicted molar refractivity (Wildman–Crippen MR) is 133 cm³/mol. The summed E-state index contributed by atoms with van der Waals surface area (Å²) in [5.41, 5.74) is 1.92. The fraction of sp³-hybridized carbons (Fsp3) is 0.462. The van der Waals surface area contributed by atoms with Crippen LogP contribution in [0, 0.1) is 5.92 Å². The number of carboxylic acids is 1. The molecule has 1 aromatic heterocycles. The first-order valence-electron chi connectivity index (χ1n) is 11.9. The fourth-order valence-electron chi connectivity index (χ4n) is 4.31. The van der Waals surface area contributed by atoms with Gasteiger partial charge >= 0.3 is 5.97 Å². The number of ether oxygens (including phenoxy) is 1. The first-order valence-corrected chi connectivity index (χ1v) is 12.7. The molecule has 6 nitrogen and oxygen atoms in total. The van der Waals surface area contributed by atoms with Gasteiger partial charge in [-0.3, -0.25) is 10.1 Å². The van der Waals surface area contributed by atoms with Crippen molar-refractivity contribution in [1.29, 1.82) is 0 Å². The predicted octanol–water partition coefficient (Wildman–Crippen LogP) is 4.63. The molecule has 1 atom stereocenters. The molecule has 0 spiro atoms. The zero-order valence-corrected chi connectivity index (χ0v) is 19.8. The molecule has 1 fully saturated rings. The average Bonchev–Trinajstić information content (AvgIpc) is 3.26. The minimum absolute atomic E-state index is 0.413. The highest BCUT2D eigenvalue weighted by Crippen LogP contribution is 2.22. The van der Waals surface area contributed by atoms with Gasteiger partial charge < -0.3 is 15.2 Å². The van der Waals surface area contributed by atoms with E-state index in [2.05, 4.69) is 15.6 Å². The number of nitrogens with zero attached hydrogens (tertiary/aromatic N) is 1. The number of unbranched alkanes of at least 4 members (excludes halogenated alkanes) is 1. The maximum absolute atomic E-state index is 11.8. The lowest BCUT2D eigenvalue weighted by Gasteiger charge is -2.22. The van der Waals surface area contributed by atoms with Crippen molar-refractivity contribution in [2.24, 2.45) is 5.92 Å². The smallest absolute Gasteiger partial charge is 0.321 e. The second-order valence-corrected chi connectivity index (χ2v) is 9.85. The number of hydrogen-bond donors (Lipinski definition) is 3. The van der Waals surface area contributed by atoms with Gasteiger partial charge in [0.2, 0.25) is 0 Å². The second kappa shape index (κ2) is 12.1. The van der Waals surface area contributed by atoms with Crippen molar-refractivity contribution in [1.82, 2.24) is 15.6 Å². The monoisotopic (exact) mass is 467 g/mol. The Morgan fingerprint density at radius 2 is 1.94 bits per heavy atom. The summed E-state index contributed by atoms with van der Waals surface area (Å²) in [7, 11) is 0. The van der Waals surface area contributed by atoms with E-state index >= 15 is 0 Å². The molecule has 0 radical (unpaired) electrons. The van der Waals surface area contributed by atoms with Crippen LogP contribution in [0.4, 0.5) is 0 Å². The summed E-state index contributed by atoms with van der Waals surface area (Å²) in [4.78, 5) is 16.3. The molecule has 0 aliphatic carbocycles. The minimum Gasteiger partial charge on any atom is -0.494 e. The SMILES string of the molecule is O=C(O)C(Cc1ccc(OCCCCC2CCNCC2)cc1)NCc1nc2ccccc2s1. The first-order chi connectivity index (χ1) is 16.2. The van der Waals surface area contributed by atoms with E-state index in [1.54, 1.807) is 11.3 Å². The fourth-order valence-corrected chi connectivity index (χ4v) is 5.22. The number of aromatic nitrogens is 1. The molecule has 33 heavy (non-hydrogen) atoms. The summed E-state index contributed by atoms with van der Waals surface area (Å²) >= 11 is 1.59. The minimum atomic E-state index is -0.856. The van der Waals surface area contributed by atoms with Crippen molar-refractivity contribution in [2.45, 2.75) is 51.1 Å². The number of rotatable bonds is 12. The number of nitrogens with one attached hydrogen (secondary N) is 2. The van der Waals surface area contributed by atoms with Gasteiger partial charge in [-0.25, -0.2) is 4.98 Å². The lowest BCUT2D eigenvalue weighted by atomic mass is 9.93. The Labute approximate surface area is 199 Å². The molecular formula is C26H33N3O3S. The summed E-state index contributed by atoms with van der Waals surface area (Å²) in [5.74, 6) is 0.857. The largest absolute Gasteiger partial charge is 0.494 e. The summed E-state index contributed by atoms with van der Waals surface area (Å²) in [6, 6.07) is 15.1. The zero-order chi connectivity index (χ0) is 22.9. The van der Waals surface area contributed by atoms with Gasteiger partial charge in [-0.2, -0.15) is 0 Å². The van der Waals surface area contributed by atoms with Crippen molar-refractivity contribution < 1.29 is 14.6 Å². The number of para-hydroxylation sites is 1. The Bertz CT molecular complexity index is 982. The Kier molecular flexibility index (Phi) is 8.69. The molecule has 3 N–H and O–H groups in total. The number of fused-ring (bicyclic) bond motifs is 1. The van der Waals surface area contributed by atoms with E-state index in [0.717, 1.165) is 58.6 Å². The number of hydrogen-bond acceptors (Lipinski definition) is 6. The van der Waals surface area contributed by atoms with Crippen LogP contribution in [0.5, 0.6) is 5.75 Å². The van der Waals surface area contributed by atoms with Gasteiger partial charge in [0.1, 0.15) is 16.8 Å². The molecule has 1 aliphatic rings. The third kappa shape index (κ3) is 7.25. The van der Waals surface area contributed by atoms with Crippen LogP contribution in [0.1, 0.15) is 42.7 Å². The molecule has 176 valence electrons. The summed E-state index contributed by atoms with van der Waals surface area (Å²) in [6.07, 6.45) is 6.59. The van der Waals surface area contributed by atoms with Crippen LogP contribution in [0.2, 0.25) is 0 Å². The highest BCUT2D eigenvalue weighted by molar-refractivity contribution is 7.18. The third-order valence-electron chi connectivity index (χ3n) is 6.23. The van der Waals surface area contributed by atoms with Gasteiger partial charge in [0.15, 0.2) is 0 Å². The molecule has 4 rings (SSSR count). The van der Waals surface area contributed by atoms with E-state index in [4.69, 9.17) is 4.74 Å². The summed E-state index contributed by atoms with van der Waals surface area (Å²) in [6.45, 7) is 3.49. The van der Waals surface area contributed by atoms with Gasteiger partial charge in [-0.15, -0.1) is 11.3 Å². The average molecular weight is 468 g/mol. The van der Waals surface area contributed by atoms with Crippen LogP contribution >= 0.6 is 11.3 Å². The second-order valence-electron chi connectivity index (χ2n) is 8.73.